The van der Waals surface area contributed by atoms with Gasteiger partial charge in [0, 0.05) is 0 Å². The molecule has 0 fully saturated rings. The molecule has 1 aromatic rings. The van der Waals surface area contributed by atoms with E-state index in [1.807, 2.05) is 0 Å². The summed E-state index contributed by atoms with van der Waals surface area (Å²) in [4.78, 5) is 0. The number of hydrogen-bond acceptors (Lipinski definition) is 1. The fourth-order valence-corrected chi connectivity index (χ4v) is 2.13. The number of fused-ring (bicyclic) bond motifs is 1. The highest BCUT2D eigenvalue weighted by molar-refractivity contribution is 5.36. The summed E-state index contributed by atoms with van der Waals surface area (Å²) >= 11 is 0. The smallest absolute Gasteiger partial charge is 0.382 e. The van der Waals surface area contributed by atoms with Crippen LogP contribution in [-0.2, 0) is 12.8 Å². The van der Waals surface area contributed by atoms with Crippen molar-refractivity contribution in [2.75, 3.05) is 0 Å². The third-order valence-electron chi connectivity index (χ3n) is 3.16. The number of alkyl halides is 5. The standard InChI is InChI=1S/C12H11F5O/c13-11(14,12(15,16)17)10(18)9-5-4-7-2-1-3-8(7)6-9/h4-6,10,18H,1-3H2. The van der Waals surface area contributed by atoms with Gasteiger partial charge in [0.25, 0.3) is 0 Å². The minimum Gasteiger partial charge on any atom is -0.382 e. The van der Waals surface area contributed by atoms with Crippen LogP contribution in [0.2, 0.25) is 0 Å². The summed E-state index contributed by atoms with van der Waals surface area (Å²) in [7, 11) is 0. The summed E-state index contributed by atoms with van der Waals surface area (Å²) in [6.45, 7) is 0. The van der Waals surface area contributed by atoms with Crippen LogP contribution in [0.1, 0.15) is 29.2 Å². The maximum atomic E-state index is 13.0. The van der Waals surface area contributed by atoms with Crippen molar-refractivity contribution in [2.24, 2.45) is 0 Å². The van der Waals surface area contributed by atoms with E-state index in [0.29, 0.717) is 6.42 Å². The molecule has 0 spiro atoms. The molecule has 100 valence electrons. The van der Waals surface area contributed by atoms with E-state index in [0.717, 1.165) is 30.0 Å². The second kappa shape index (κ2) is 4.19. The molecule has 0 bridgehead atoms. The molecular formula is C12H11F5O. The number of hydrogen-bond donors (Lipinski definition) is 1. The Labute approximate surface area is 100 Å². The number of rotatable bonds is 2. The summed E-state index contributed by atoms with van der Waals surface area (Å²) in [6.07, 6.45) is -6.33. The summed E-state index contributed by atoms with van der Waals surface area (Å²) in [5.41, 5.74) is 1.30. The van der Waals surface area contributed by atoms with Crippen molar-refractivity contribution < 1.29 is 27.1 Å². The Balaban J connectivity index is 2.32. The average molecular weight is 266 g/mol. The van der Waals surface area contributed by atoms with Crippen molar-refractivity contribution >= 4 is 0 Å². The first-order valence-corrected chi connectivity index (χ1v) is 5.48. The monoisotopic (exact) mass is 266 g/mol. The van der Waals surface area contributed by atoms with Gasteiger partial charge >= 0.3 is 12.1 Å². The normalized spacial score (nSPS) is 17.7. The molecule has 0 saturated carbocycles. The maximum absolute atomic E-state index is 13.0. The zero-order chi connectivity index (χ0) is 13.6. The maximum Gasteiger partial charge on any atom is 0.456 e. The number of benzene rings is 1. The molecule has 2 rings (SSSR count). The van der Waals surface area contributed by atoms with E-state index < -0.39 is 23.8 Å². The van der Waals surface area contributed by atoms with E-state index in [1.165, 1.54) is 12.1 Å². The molecule has 1 aliphatic rings. The van der Waals surface area contributed by atoms with Crippen LogP contribution >= 0.6 is 0 Å². The van der Waals surface area contributed by atoms with Gasteiger partial charge in [0.15, 0.2) is 6.10 Å². The van der Waals surface area contributed by atoms with Crippen LogP contribution in [0.5, 0.6) is 0 Å². The quantitative estimate of drug-likeness (QED) is 0.813. The van der Waals surface area contributed by atoms with Crippen LogP contribution in [0.4, 0.5) is 22.0 Å². The highest BCUT2D eigenvalue weighted by atomic mass is 19.4. The molecule has 1 unspecified atom stereocenters. The predicted molar refractivity (Wildman–Crippen MR) is 54.4 cm³/mol. The molecule has 1 aliphatic carbocycles. The van der Waals surface area contributed by atoms with E-state index in [-0.39, 0.29) is 0 Å². The average Bonchev–Trinajstić information content (AvgIpc) is 2.73. The molecule has 6 heteroatoms. The van der Waals surface area contributed by atoms with E-state index in [4.69, 9.17) is 0 Å². The first-order valence-electron chi connectivity index (χ1n) is 5.48. The molecule has 1 nitrogen and oxygen atoms in total. The second-order valence-corrected chi connectivity index (χ2v) is 4.40. The Hall–Kier alpha value is -1.17. The summed E-state index contributed by atoms with van der Waals surface area (Å²) in [5.74, 6) is -5.14. The number of halogens is 5. The Morgan fingerprint density at radius 3 is 2.22 bits per heavy atom. The molecule has 0 radical (unpaired) electrons. The van der Waals surface area contributed by atoms with Crippen LogP contribution in [0.25, 0.3) is 0 Å². The predicted octanol–water partition coefficient (Wildman–Crippen LogP) is 3.41. The van der Waals surface area contributed by atoms with Crippen molar-refractivity contribution in [2.45, 2.75) is 37.5 Å². The van der Waals surface area contributed by atoms with E-state index >= 15 is 0 Å². The number of aliphatic hydroxyl groups is 1. The zero-order valence-electron chi connectivity index (χ0n) is 9.27. The van der Waals surface area contributed by atoms with Crippen LogP contribution in [-0.4, -0.2) is 17.2 Å². The second-order valence-electron chi connectivity index (χ2n) is 4.40. The highest BCUT2D eigenvalue weighted by Gasteiger charge is 2.62. The molecule has 0 heterocycles. The van der Waals surface area contributed by atoms with E-state index in [1.54, 1.807) is 0 Å². The van der Waals surface area contributed by atoms with Crippen molar-refractivity contribution in [1.29, 1.82) is 0 Å². The lowest BCUT2D eigenvalue weighted by atomic mass is 9.99. The molecule has 1 aromatic carbocycles. The molecule has 0 amide bonds. The van der Waals surface area contributed by atoms with E-state index in [2.05, 4.69) is 0 Å². The topological polar surface area (TPSA) is 20.2 Å². The summed E-state index contributed by atoms with van der Waals surface area (Å²) in [5, 5.41) is 9.25. The van der Waals surface area contributed by atoms with Crippen molar-refractivity contribution in [3.05, 3.63) is 34.9 Å². The van der Waals surface area contributed by atoms with Gasteiger partial charge in [-0.25, -0.2) is 0 Å². The lowest BCUT2D eigenvalue weighted by molar-refractivity contribution is -0.315. The Kier molecular flexibility index (Phi) is 3.09. The van der Waals surface area contributed by atoms with Gasteiger partial charge in [0.1, 0.15) is 0 Å². The summed E-state index contributed by atoms with van der Waals surface area (Å²) in [6, 6.07) is 3.88. The minimum absolute atomic E-state index is 0.391. The van der Waals surface area contributed by atoms with Crippen molar-refractivity contribution in [3.8, 4) is 0 Å². The van der Waals surface area contributed by atoms with Gasteiger partial charge in [0.05, 0.1) is 0 Å². The van der Waals surface area contributed by atoms with Crippen LogP contribution in [0.3, 0.4) is 0 Å². The van der Waals surface area contributed by atoms with E-state index in [9.17, 15) is 27.1 Å². The molecule has 18 heavy (non-hydrogen) atoms. The van der Waals surface area contributed by atoms with Crippen LogP contribution in [0.15, 0.2) is 18.2 Å². The highest BCUT2D eigenvalue weighted by Crippen LogP contribution is 2.44. The Morgan fingerprint density at radius 1 is 1.00 bits per heavy atom. The first kappa shape index (κ1) is 13.3. The van der Waals surface area contributed by atoms with Crippen molar-refractivity contribution in [3.63, 3.8) is 0 Å². The van der Waals surface area contributed by atoms with Crippen LogP contribution in [0, 0.1) is 0 Å². The lowest BCUT2D eigenvalue weighted by Crippen LogP contribution is -2.42. The lowest BCUT2D eigenvalue weighted by Gasteiger charge is -2.25. The molecule has 1 N–H and O–H groups in total. The Morgan fingerprint density at radius 2 is 1.61 bits per heavy atom. The number of aryl methyl sites for hydroxylation is 2. The van der Waals surface area contributed by atoms with Gasteiger partial charge in [-0.3, -0.25) is 0 Å². The molecule has 0 aliphatic heterocycles. The molecular weight excluding hydrogens is 255 g/mol. The van der Waals surface area contributed by atoms with Gasteiger partial charge in [-0.15, -0.1) is 0 Å². The third kappa shape index (κ3) is 2.09. The van der Waals surface area contributed by atoms with Crippen LogP contribution < -0.4 is 0 Å². The van der Waals surface area contributed by atoms with Gasteiger partial charge in [-0.1, -0.05) is 18.2 Å². The SMILES string of the molecule is OC(c1ccc2c(c1)CCC2)C(F)(F)C(F)(F)F. The first-order chi connectivity index (χ1) is 8.23. The van der Waals surface area contributed by atoms with Gasteiger partial charge < -0.3 is 5.11 Å². The molecule has 0 saturated heterocycles. The largest absolute Gasteiger partial charge is 0.456 e. The minimum atomic E-state index is -5.76. The van der Waals surface area contributed by atoms with Crippen molar-refractivity contribution in [1.82, 2.24) is 0 Å². The molecule has 1 atom stereocenters. The zero-order valence-corrected chi connectivity index (χ0v) is 9.27. The summed E-state index contributed by atoms with van der Waals surface area (Å²) < 4.78 is 62.4. The fraction of sp³-hybridized carbons (Fsp3) is 0.500. The fourth-order valence-electron chi connectivity index (χ4n) is 2.13. The van der Waals surface area contributed by atoms with Gasteiger partial charge in [-0.05, 0) is 36.0 Å². The third-order valence-corrected chi connectivity index (χ3v) is 3.16. The number of aliphatic hydroxyl groups excluding tert-OH is 1. The van der Waals surface area contributed by atoms with Gasteiger partial charge in [0.2, 0.25) is 0 Å². The molecule has 0 aromatic heterocycles. The Bertz CT molecular complexity index is 452. The van der Waals surface area contributed by atoms with Gasteiger partial charge in [-0.2, -0.15) is 22.0 Å².